The number of aryl methyl sites for hydroxylation is 1. The number of carboxylic acids is 1. The molecule has 0 aliphatic heterocycles. The summed E-state index contributed by atoms with van der Waals surface area (Å²) in [6.45, 7) is 2.08. The zero-order chi connectivity index (χ0) is 11.5. The zero-order valence-corrected chi connectivity index (χ0v) is 10.4. The maximum atomic E-state index is 11.3. The molecule has 2 unspecified atom stereocenters. The van der Waals surface area contributed by atoms with Crippen LogP contribution in [-0.4, -0.2) is 11.1 Å². The fourth-order valence-corrected chi connectivity index (χ4v) is 3.43. The molecule has 1 heterocycles. The van der Waals surface area contributed by atoms with E-state index in [0.717, 1.165) is 19.3 Å². The Balaban J connectivity index is 2.23. The lowest BCUT2D eigenvalue weighted by Crippen LogP contribution is -2.20. The van der Waals surface area contributed by atoms with E-state index in [4.69, 9.17) is 0 Å². The minimum absolute atomic E-state index is 0.170. The Bertz CT molecular complexity index is 370. The lowest BCUT2D eigenvalue weighted by Gasteiger charge is -2.20. The van der Waals surface area contributed by atoms with E-state index in [9.17, 15) is 9.90 Å². The fraction of sp³-hybridized carbons (Fsp3) is 0.615. The predicted octanol–water partition coefficient (Wildman–Crippen LogP) is 3.81. The summed E-state index contributed by atoms with van der Waals surface area (Å²) in [6.07, 6.45) is 5.30. The normalized spacial score (nSPS) is 26.3. The second-order valence-electron chi connectivity index (χ2n) is 4.68. The molecule has 1 saturated carbocycles. The molecule has 0 radical (unpaired) electrons. The van der Waals surface area contributed by atoms with Crippen molar-refractivity contribution >= 4 is 17.3 Å². The summed E-state index contributed by atoms with van der Waals surface area (Å²) in [5, 5.41) is 11.4. The van der Waals surface area contributed by atoms with Crippen LogP contribution in [0.5, 0.6) is 0 Å². The highest BCUT2D eigenvalue weighted by Gasteiger charge is 2.30. The lowest BCUT2D eigenvalue weighted by atomic mass is 9.83. The molecule has 16 heavy (non-hydrogen) atoms. The number of hydrogen-bond donors (Lipinski definition) is 1. The van der Waals surface area contributed by atoms with E-state index < -0.39 is 5.97 Å². The molecule has 0 spiro atoms. The van der Waals surface area contributed by atoms with Gasteiger partial charge in [-0.3, -0.25) is 4.79 Å². The van der Waals surface area contributed by atoms with E-state index in [1.54, 1.807) is 11.3 Å². The zero-order valence-electron chi connectivity index (χ0n) is 9.61. The molecule has 3 heteroatoms. The van der Waals surface area contributed by atoms with Gasteiger partial charge in [-0.1, -0.05) is 19.3 Å². The third-order valence-corrected chi connectivity index (χ3v) is 4.39. The predicted molar refractivity (Wildman–Crippen MR) is 66.0 cm³/mol. The van der Waals surface area contributed by atoms with Crippen LogP contribution >= 0.6 is 11.3 Å². The van der Waals surface area contributed by atoms with E-state index in [1.165, 1.54) is 23.3 Å². The fourth-order valence-electron chi connectivity index (χ4n) is 2.66. The molecule has 0 saturated heterocycles. The summed E-state index contributed by atoms with van der Waals surface area (Å²) in [5.41, 5.74) is 1.25. The topological polar surface area (TPSA) is 37.3 Å². The molecule has 1 aliphatic carbocycles. The molecule has 2 rings (SSSR count). The van der Waals surface area contributed by atoms with Gasteiger partial charge in [0.15, 0.2) is 0 Å². The van der Waals surface area contributed by atoms with Crippen LogP contribution in [0.2, 0.25) is 0 Å². The van der Waals surface area contributed by atoms with Crippen molar-refractivity contribution < 1.29 is 9.90 Å². The first-order valence-electron chi connectivity index (χ1n) is 5.96. The van der Waals surface area contributed by atoms with Gasteiger partial charge < -0.3 is 5.11 Å². The number of carboxylic acid groups (broad SMARTS) is 1. The Kier molecular flexibility index (Phi) is 3.64. The Morgan fingerprint density at radius 2 is 2.12 bits per heavy atom. The smallest absolute Gasteiger partial charge is 0.307 e. The van der Waals surface area contributed by atoms with Crippen LogP contribution in [0.15, 0.2) is 11.4 Å². The van der Waals surface area contributed by atoms with Crippen LogP contribution in [0.3, 0.4) is 0 Å². The standard InChI is InChI=1S/C13H18O2S/c1-9-7-10(8-16-9)11-5-3-2-4-6-12(11)13(14)15/h7-8,11-12H,2-6H2,1H3,(H,14,15). The molecule has 0 aromatic carbocycles. The first kappa shape index (κ1) is 11.6. The van der Waals surface area contributed by atoms with Crippen LogP contribution in [0.1, 0.15) is 48.5 Å². The lowest BCUT2D eigenvalue weighted by molar-refractivity contribution is -0.142. The number of aliphatic carboxylic acids is 1. The third-order valence-electron chi connectivity index (χ3n) is 3.51. The number of rotatable bonds is 2. The van der Waals surface area contributed by atoms with E-state index in [1.807, 2.05) is 0 Å². The minimum Gasteiger partial charge on any atom is -0.481 e. The molecule has 0 amide bonds. The molecule has 1 fully saturated rings. The first-order valence-corrected chi connectivity index (χ1v) is 6.84. The number of thiophene rings is 1. The molecule has 2 nitrogen and oxygen atoms in total. The molecule has 1 aliphatic rings. The molecule has 0 bridgehead atoms. The molecule has 1 aromatic rings. The summed E-state index contributed by atoms with van der Waals surface area (Å²) in [6, 6.07) is 2.16. The maximum Gasteiger partial charge on any atom is 0.307 e. The average molecular weight is 238 g/mol. The molecular weight excluding hydrogens is 220 g/mol. The Hall–Kier alpha value is -0.830. The van der Waals surface area contributed by atoms with Crippen molar-refractivity contribution in [2.45, 2.75) is 44.9 Å². The van der Waals surface area contributed by atoms with Crippen molar-refractivity contribution in [2.75, 3.05) is 0 Å². The summed E-state index contributed by atoms with van der Waals surface area (Å²) < 4.78 is 0. The van der Waals surface area contributed by atoms with Gasteiger partial charge in [0.2, 0.25) is 0 Å². The van der Waals surface area contributed by atoms with Gasteiger partial charge in [0.1, 0.15) is 0 Å². The summed E-state index contributed by atoms with van der Waals surface area (Å²) in [4.78, 5) is 12.6. The highest BCUT2D eigenvalue weighted by molar-refractivity contribution is 7.10. The third kappa shape index (κ3) is 2.46. The number of carbonyl (C=O) groups is 1. The van der Waals surface area contributed by atoms with Crippen molar-refractivity contribution in [1.82, 2.24) is 0 Å². The van der Waals surface area contributed by atoms with Gasteiger partial charge in [-0.15, -0.1) is 11.3 Å². The molecular formula is C13H18O2S. The molecule has 1 N–H and O–H groups in total. The van der Waals surface area contributed by atoms with E-state index >= 15 is 0 Å². The summed E-state index contributed by atoms with van der Waals surface area (Å²) in [5.74, 6) is -0.544. The van der Waals surface area contributed by atoms with Gasteiger partial charge in [0.05, 0.1) is 5.92 Å². The number of hydrogen-bond acceptors (Lipinski definition) is 2. The first-order chi connectivity index (χ1) is 7.68. The van der Waals surface area contributed by atoms with E-state index in [-0.39, 0.29) is 11.8 Å². The Morgan fingerprint density at radius 3 is 2.75 bits per heavy atom. The van der Waals surface area contributed by atoms with Crippen LogP contribution in [0.25, 0.3) is 0 Å². The van der Waals surface area contributed by atoms with Crippen molar-refractivity contribution in [1.29, 1.82) is 0 Å². The average Bonchev–Trinajstić information content (AvgIpc) is 2.54. The highest BCUT2D eigenvalue weighted by Crippen LogP contribution is 2.38. The summed E-state index contributed by atoms with van der Waals surface area (Å²) in [7, 11) is 0. The second kappa shape index (κ2) is 5.00. The minimum atomic E-state index is -0.615. The summed E-state index contributed by atoms with van der Waals surface area (Å²) >= 11 is 1.73. The van der Waals surface area contributed by atoms with Crippen LogP contribution in [0, 0.1) is 12.8 Å². The highest BCUT2D eigenvalue weighted by atomic mass is 32.1. The molecule has 2 atom stereocenters. The van der Waals surface area contributed by atoms with Gasteiger partial charge in [-0.05, 0) is 42.7 Å². The van der Waals surface area contributed by atoms with Gasteiger partial charge in [0.25, 0.3) is 0 Å². The monoisotopic (exact) mass is 238 g/mol. The van der Waals surface area contributed by atoms with E-state index in [0.29, 0.717) is 0 Å². The van der Waals surface area contributed by atoms with Crippen LogP contribution in [0.4, 0.5) is 0 Å². The van der Waals surface area contributed by atoms with Gasteiger partial charge in [-0.25, -0.2) is 0 Å². The Labute approximate surface area is 100 Å². The molecule has 88 valence electrons. The Morgan fingerprint density at radius 1 is 1.38 bits per heavy atom. The molecule has 1 aromatic heterocycles. The second-order valence-corrected chi connectivity index (χ2v) is 5.80. The largest absolute Gasteiger partial charge is 0.481 e. The van der Waals surface area contributed by atoms with E-state index in [2.05, 4.69) is 18.4 Å². The van der Waals surface area contributed by atoms with Crippen LogP contribution in [-0.2, 0) is 4.79 Å². The van der Waals surface area contributed by atoms with Crippen molar-refractivity contribution in [3.8, 4) is 0 Å². The van der Waals surface area contributed by atoms with Crippen molar-refractivity contribution in [3.05, 3.63) is 21.9 Å². The van der Waals surface area contributed by atoms with Gasteiger partial charge >= 0.3 is 5.97 Å². The van der Waals surface area contributed by atoms with Crippen molar-refractivity contribution in [2.24, 2.45) is 5.92 Å². The maximum absolute atomic E-state index is 11.3. The quantitative estimate of drug-likeness (QED) is 0.796. The van der Waals surface area contributed by atoms with Crippen molar-refractivity contribution in [3.63, 3.8) is 0 Å². The van der Waals surface area contributed by atoms with Gasteiger partial charge in [0, 0.05) is 4.88 Å². The van der Waals surface area contributed by atoms with Crippen LogP contribution < -0.4 is 0 Å². The SMILES string of the molecule is Cc1cc(C2CCCCCC2C(=O)O)cs1. The van der Waals surface area contributed by atoms with Gasteiger partial charge in [-0.2, -0.15) is 0 Å².